The molecule has 23 heavy (non-hydrogen) atoms. The number of anilines is 1. The summed E-state index contributed by atoms with van der Waals surface area (Å²) >= 11 is 5.74. The lowest BCUT2D eigenvalue weighted by Crippen LogP contribution is -2.17. The van der Waals surface area contributed by atoms with Crippen molar-refractivity contribution in [2.45, 2.75) is 6.54 Å². The van der Waals surface area contributed by atoms with Crippen LogP contribution in [-0.4, -0.2) is 30.9 Å². The van der Waals surface area contributed by atoms with Crippen LogP contribution in [0.4, 0.5) is 5.82 Å². The predicted molar refractivity (Wildman–Crippen MR) is 84.2 cm³/mol. The van der Waals surface area contributed by atoms with Crippen LogP contribution in [0.15, 0.2) is 42.9 Å². The van der Waals surface area contributed by atoms with Gasteiger partial charge in [0.25, 0.3) is 5.91 Å². The molecule has 8 nitrogen and oxygen atoms in total. The van der Waals surface area contributed by atoms with E-state index in [1.165, 1.54) is 6.07 Å². The van der Waals surface area contributed by atoms with E-state index in [9.17, 15) is 4.79 Å². The van der Waals surface area contributed by atoms with Gasteiger partial charge in [-0.1, -0.05) is 17.7 Å². The van der Waals surface area contributed by atoms with E-state index in [0.717, 1.165) is 5.56 Å². The number of hydrogen-bond acceptors (Lipinski definition) is 6. The quantitative estimate of drug-likeness (QED) is 0.732. The first-order valence-electron chi connectivity index (χ1n) is 6.66. The van der Waals surface area contributed by atoms with Crippen molar-refractivity contribution in [1.82, 2.24) is 25.0 Å². The van der Waals surface area contributed by atoms with Gasteiger partial charge in [-0.3, -0.25) is 4.79 Å². The van der Waals surface area contributed by atoms with Gasteiger partial charge in [0.05, 0.1) is 5.56 Å². The molecule has 0 aliphatic heterocycles. The second-order valence-electron chi connectivity index (χ2n) is 4.58. The third-order valence-electron chi connectivity index (χ3n) is 3.06. The van der Waals surface area contributed by atoms with Crippen molar-refractivity contribution in [2.24, 2.45) is 5.73 Å². The number of pyridine rings is 1. The summed E-state index contributed by atoms with van der Waals surface area (Å²) in [5.41, 5.74) is 6.37. The summed E-state index contributed by atoms with van der Waals surface area (Å²) in [4.78, 5) is 15.8. The van der Waals surface area contributed by atoms with Crippen molar-refractivity contribution in [3.8, 4) is 5.82 Å². The zero-order valence-electron chi connectivity index (χ0n) is 11.8. The lowest BCUT2D eigenvalue weighted by atomic mass is 10.2. The Bertz CT molecular complexity index is 835. The Balaban J connectivity index is 1.87. The minimum absolute atomic E-state index is 0.1000. The van der Waals surface area contributed by atoms with E-state index < -0.39 is 5.91 Å². The third kappa shape index (κ3) is 3.27. The van der Waals surface area contributed by atoms with E-state index in [1.54, 1.807) is 23.3 Å². The van der Waals surface area contributed by atoms with Crippen LogP contribution in [0.1, 0.15) is 15.9 Å². The molecular formula is C14H12ClN7O. The van der Waals surface area contributed by atoms with E-state index in [2.05, 4.69) is 25.6 Å². The summed E-state index contributed by atoms with van der Waals surface area (Å²) in [5, 5.41) is 14.9. The Morgan fingerprint density at radius 1 is 1.30 bits per heavy atom. The van der Waals surface area contributed by atoms with Crippen molar-refractivity contribution in [3.05, 3.63) is 59.1 Å². The van der Waals surface area contributed by atoms with Crippen LogP contribution in [0.3, 0.4) is 0 Å². The maximum Gasteiger partial charge on any atom is 0.252 e. The molecule has 3 heterocycles. The number of nitrogens with one attached hydrogen (secondary N) is 1. The first-order chi connectivity index (χ1) is 11.1. The average molecular weight is 330 g/mol. The molecule has 3 N–H and O–H groups in total. The van der Waals surface area contributed by atoms with Gasteiger partial charge in [0.15, 0.2) is 16.8 Å². The highest BCUT2D eigenvalue weighted by molar-refractivity contribution is 6.29. The summed E-state index contributed by atoms with van der Waals surface area (Å²) < 4.78 is 1.65. The summed E-state index contributed by atoms with van der Waals surface area (Å²) in [6.45, 7) is 0.361. The van der Waals surface area contributed by atoms with Gasteiger partial charge in [0, 0.05) is 30.7 Å². The van der Waals surface area contributed by atoms with Gasteiger partial charge in [0.1, 0.15) is 0 Å². The third-order valence-corrected chi connectivity index (χ3v) is 3.25. The first-order valence-corrected chi connectivity index (χ1v) is 7.04. The number of rotatable bonds is 5. The lowest BCUT2D eigenvalue weighted by molar-refractivity contribution is 0.100. The average Bonchev–Trinajstić information content (AvgIpc) is 3.08. The van der Waals surface area contributed by atoms with Gasteiger partial charge in [-0.05, 0) is 18.2 Å². The van der Waals surface area contributed by atoms with E-state index in [4.69, 9.17) is 17.3 Å². The van der Waals surface area contributed by atoms with Gasteiger partial charge < -0.3 is 11.1 Å². The molecule has 0 bridgehead atoms. The Hall–Kier alpha value is -3.00. The highest BCUT2D eigenvalue weighted by atomic mass is 35.5. The fraction of sp³-hybridized carbons (Fsp3) is 0.0714. The molecule has 9 heteroatoms. The molecule has 0 saturated heterocycles. The van der Waals surface area contributed by atoms with E-state index in [-0.39, 0.29) is 16.5 Å². The predicted octanol–water partition coefficient (Wildman–Crippen LogP) is 1.42. The Labute approximate surface area is 136 Å². The standard InChI is InChI=1S/C14H12ClN7O/c15-11-7-10(12(16)23)13(21-20-11)18-8-9-3-1-4-17-14(9)22-6-2-5-19-22/h1-7H,8H2,(H2,16,23)(H,18,21). The minimum Gasteiger partial charge on any atom is -0.365 e. The molecule has 0 atom stereocenters. The monoisotopic (exact) mass is 329 g/mol. The zero-order chi connectivity index (χ0) is 16.2. The number of hydrogen-bond donors (Lipinski definition) is 2. The normalized spacial score (nSPS) is 10.5. The number of carbonyl (C=O) groups excluding carboxylic acids is 1. The first kappa shape index (κ1) is 14.9. The van der Waals surface area contributed by atoms with Gasteiger partial charge in [-0.2, -0.15) is 5.10 Å². The van der Waals surface area contributed by atoms with Crippen LogP contribution in [0.25, 0.3) is 5.82 Å². The Kier molecular flexibility index (Phi) is 4.15. The number of nitrogens with zero attached hydrogens (tertiary/aromatic N) is 5. The number of carbonyl (C=O) groups is 1. The van der Waals surface area contributed by atoms with Crippen molar-refractivity contribution < 1.29 is 4.79 Å². The van der Waals surface area contributed by atoms with Crippen LogP contribution in [0.5, 0.6) is 0 Å². The molecule has 0 aliphatic rings. The van der Waals surface area contributed by atoms with E-state index >= 15 is 0 Å². The maximum absolute atomic E-state index is 11.5. The fourth-order valence-electron chi connectivity index (χ4n) is 2.03. The molecule has 0 aliphatic carbocycles. The summed E-state index contributed by atoms with van der Waals surface area (Å²) in [6.07, 6.45) is 5.14. The number of primary amides is 1. The van der Waals surface area contributed by atoms with Crippen LogP contribution in [-0.2, 0) is 6.54 Å². The van der Waals surface area contributed by atoms with Crippen molar-refractivity contribution in [3.63, 3.8) is 0 Å². The molecule has 0 fully saturated rings. The number of amides is 1. The van der Waals surface area contributed by atoms with E-state index in [1.807, 2.05) is 18.2 Å². The van der Waals surface area contributed by atoms with E-state index in [0.29, 0.717) is 12.4 Å². The molecule has 3 aromatic heterocycles. The topological polar surface area (TPSA) is 112 Å². The van der Waals surface area contributed by atoms with Gasteiger partial charge in [0.2, 0.25) is 0 Å². The second kappa shape index (κ2) is 6.41. The summed E-state index contributed by atoms with van der Waals surface area (Å²) in [6, 6.07) is 6.88. The molecule has 116 valence electrons. The summed E-state index contributed by atoms with van der Waals surface area (Å²) in [5.74, 6) is 0.299. The van der Waals surface area contributed by atoms with Gasteiger partial charge in [-0.15, -0.1) is 10.2 Å². The zero-order valence-corrected chi connectivity index (χ0v) is 12.6. The van der Waals surface area contributed by atoms with Crippen LogP contribution in [0.2, 0.25) is 5.15 Å². The maximum atomic E-state index is 11.5. The lowest BCUT2D eigenvalue weighted by Gasteiger charge is -2.11. The fourth-order valence-corrected chi connectivity index (χ4v) is 2.18. The second-order valence-corrected chi connectivity index (χ2v) is 4.97. The van der Waals surface area contributed by atoms with Crippen molar-refractivity contribution in [2.75, 3.05) is 5.32 Å². The molecule has 0 saturated carbocycles. The highest BCUT2D eigenvalue weighted by Gasteiger charge is 2.13. The molecule has 0 spiro atoms. The van der Waals surface area contributed by atoms with Crippen molar-refractivity contribution >= 4 is 23.3 Å². The molecule has 3 rings (SSSR count). The molecular weight excluding hydrogens is 318 g/mol. The molecule has 3 aromatic rings. The smallest absolute Gasteiger partial charge is 0.252 e. The molecule has 0 unspecified atom stereocenters. The van der Waals surface area contributed by atoms with Gasteiger partial charge in [-0.25, -0.2) is 9.67 Å². The SMILES string of the molecule is NC(=O)c1cc(Cl)nnc1NCc1cccnc1-n1cccn1. The minimum atomic E-state index is -0.636. The number of aromatic nitrogens is 5. The van der Waals surface area contributed by atoms with Crippen LogP contribution in [0, 0.1) is 0 Å². The molecule has 0 radical (unpaired) electrons. The molecule has 0 aromatic carbocycles. The Morgan fingerprint density at radius 3 is 2.91 bits per heavy atom. The summed E-state index contributed by atoms with van der Waals surface area (Å²) in [7, 11) is 0. The molecule has 1 amide bonds. The Morgan fingerprint density at radius 2 is 2.17 bits per heavy atom. The number of nitrogens with two attached hydrogens (primary N) is 1. The van der Waals surface area contributed by atoms with Gasteiger partial charge >= 0.3 is 0 Å². The van der Waals surface area contributed by atoms with Crippen LogP contribution >= 0.6 is 11.6 Å². The number of halogens is 1. The van der Waals surface area contributed by atoms with Crippen molar-refractivity contribution in [1.29, 1.82) is 0 Å². The highest BCUT2D eigenvalue weighted by Crippen LogP contribution is 2.17. The largest absolute Gasteiger partial charge is 0.365 e. The van der Waals surface area contributed by atoms with Crippen LogP contribution < -0.4 is 11.1 Å².